The Balaban J connectivity index is 1.50. The van der Waals surface area contributed by atoms with Gasteiger partial charge in [-0.1, -0.05) is 49.2 Å². The van der Waals surface area contributed by atoms with E-state index in [1.54, 1.807) is 37.4 Å². The Labute approximate surface area is 232 Å². The van der Waals surface area contributed by atoms with Gasteiger partial charge in [0.1, 0.15) is 17.4 Å². The van der Waals surface area contributed by atoms with E-state index in [9.17, 15) is 18.0 Å². The number of para-hydroxylation sites is 1. The summed E-state index contributed by atoms with van der Waals surface area (Å²) < 4.78 is 40.4. The van der Waals surface area contributed by atoms with Gasteiger partial charge in [-0.05, 0) is 61.7 Å². The average Bonchev–Trinajstić information content (AvgIpc) is 3.33. The summed E-state index contributed by atoms with van der Waals surface area (Å²) in [6.45, 7) is 5.59. The number of fused-ring (bicyclic) bond motifs is 2. The van der Waals surface area contributed by atoms with Gasteiger partial charge >= 0.3 is 11.6 Å². The third-order valence-corrected chi connectivity index (χ3v) is 8.43. The maximum Gasteiger partial charge on any atom is 0.336 e. The second kappa shape index (κ2) is 11.1. The van der Waals surface area contributed by atoms with Crippen LogP contribution in [0.25, 0.3) is 21.9 Å². The topological polar surface area (TPSA) is 118 Å². The summed E-state index contributed by atoms with van der Waals surface area (Å²) in [5.41, 5.74) is 3.74. The number of carbonyl (C=O) groups excluding carboxylic acids is 1. The van der Waals surface area contributed by atoms with Crippen LogP contribution in [0.2, 0.25) is 0 Å². The molecule has 0 amide bonds. The highest BCUT2D eigenvalue weighted by molar-refractivity contribution is 7.89. The largest absolute Gasteiger partial charge is 0.425 e. The highest BCUT2D eigenvalue weighted by Gasteiger charge is 2.29. The van der Waals surface area contributed by atoms with Crippen molar-refractivity contribution in [1.82, 2.24) is 9.71 Å². The summed E-state index contributed by atoms with van der Waals surface area (Å²) in [4.78, 5) is 29.0. The van der Waals surface area contributed by atoms with E-state index in [1.165, 1.54) is 18.2 Å². The number of aromatic amines is 1. The van der Waals surface area contributed by atoms with E-state index in [1.807, 2.05) is 38.1 Å². The Morgan fingerprint density at radius 3 is 2.50 bits per heavy atom. The Hall–Kier alpha value is -4.21. The van der Waals surface area contributed by atoms with Crippen molar-refractivity contribution in [1.29, 1.82) is 0 Å². The highest BCUT2D eigenvalue weighted by Crippen LogP contribution is 2.30. The minimum absolute atomic E-state index is 0.0435. The number of esters is 1. The summed E-state index contributed by atoms with van der Waals surface area (Å²) in [6.07, 6.45) is 3.37. The molecule has 0 aliphatic carbocycles. The number of aryl methyl sites for hydroxylation is 3. The molecule has 0 bridgehead atoms. The molecule has 0 saturated heterocycles. The molecule has 0 aliphatic heterocycles. The lowest BCUT2D eigenvalue weighted by Crippen LogP contribution is -2.44. The number of hydrogen-bond acceptors (Lipinski definition) is 6. The van der Waals surface area contributed by atoms with Crippen LogP contribution in [0.1, 0.15) is 35.6 Å². The van der Waals surface area contributed by atoms with Crippen LogP contribution < -0.4 is 15.1 Å². The van der Waals surface area contributed by atoms with E-state index in [4.69, 9.17) is 9.15 Å². The van der Waals surface area contributed by atoms with Crippen molar-refractivity contribution in [3.05, 3.63) is 106 Å². The third-order valence-electron chi connectivity index (χ3n) is 6.94. The maximum atomic E-state index is 13.6. The molecule has 9 heteroatoms. The quantitative estimate of drug-likeness (QED) is 0.143. The number of benzene rings is 3. The fourth-order valence-corrected chi connectivity index (χ4v) is 6.03. The highest BCUT2D eigenvalue weighted by atomic mass is 32.2. The number of carbonyl (C=O) groups is 1. The average molecular weight is 559 g/mol. The molecule has 2 N–H and O–H groups in total. The minimum atomic E-state index is -4.05. The van der Waals surface area contributed by atoms with Crippen molar-refractivity contribution in [2.75, 3.05) is 0 Å². The molecule has 1 atom stereocenters. The van der Waals surface area contributed by atoms with E-state index in [0.29, 0.717) is 17.6 Å². The van der Waals surface area contributed by atoms with E-state index in [-0.39, 0.29) is 17.1 Å². The van der Waals surface area contributed by atoms with Gasteiger partial charge in [0.25, 0.3) is 0 Å². The van der Waals surface area contributed by atoms with Crippen LogP contribution in [-0.4, -0.2) is 25.4 Å². The number of H-pyrrole nitrogens is 1. The van der Waals surface area contributed by atoms with Crippen molar-refractivity contribution in [2.24, 2.45) is 0 Å². The standard InChI is InChI=1S/C31H30N2O6S/c1-4-7-21-17-29(34)39-30-20(3)28(15-14-25(21)30)38-31(35)27(16-22-18-32-26-9-6-5-8-24(22)26)33-40(36,37)23-12-10-19(2)11-13-23/h5-6,8-15,17-18,27,32-33H,4,7,16H2,1-3H3/t27-/m1/s1. The zero-order valence-corrected chi connectivity index (χ0v) is 23.3. The fraction of sp³-hybridized carbons (Fsp3) is 0.226. The van der Waals surface area contributed by atoms with Gasteiger partial charge in [0.05, 0.1) is 4.90 Å². The number of rotatable bonds is 9. The first kappa shape index (κ1) is 27.4. The molecular formula is C31H30N2O6S. The van der Waals surface area contributed by atoms with Gasteiger partial charge < -0.3 is 14.1 Å². The van der Waals surface area contributed by atoms with E-state index < -0.39 is 27.7 Å². The first-order chi connectivity index (χ1) is 19.2. The fourth-order valence-electron chi connectivity index (χ4n) is 4.84. The van der Waals surface area contributed by atoms with E-state index in [0.717, 1.165) is 39.4 Å². The Morgan fingerprint density at radius 2 is 1.75 bits per heavy atom. The smallest absolute Gasteiger partial charge is 0.336 e. The molecular weight excluding hydrogens is 528 g/mol. The molecule has 2 heterocycles. The summed E-state index contributed by atoms with van der Waals surface area (Å²) >= 11 is 0. The predicted molar refractivity (Wildman–Crippen MR) is 154 cm³/mol. The van der Waals surface area contributed by atoms with Crippen LogP contribution in [0, 0.1) is 13.8 Å². The Morgan fingerprint density at radius 1 is 1.00 bits per heavy atom. The number of sulfonamides is 1. The molecule has 40 heavy (non-hydrogen) atoms. The van der Waals surface area contributed by atoms with Crippen LogP contribution in [0.3, 0.4) is 0 Å². The summed E-state index contributed by atoms with van der Waals surface area (Å²) in [6, 6.07) is 17.6. The molecule has 0 aliphatic rings. The molecule has 0 saturated carbocycles. The number of hydrogen-bond donors (Lipinski definition) is 2. The minimum Gasteiger partial charge on any atom is -0.425 e. The van der Waals surface area contributed by atoms with Gasteiger partial charge in [-0.15, -0.1) is 0 Å². The van der Waals surface area contributed by atoms with Crippen LogP contribution in [0.5, 0.6) is 5.75 Å². The van der Waals surface area contributed by atoms with Crippen LogP contribution in [-0.2, 0) is 27.7 Å². The third kappa shape index (κ3) is 5.57. The Kier molecular flexibility index (Phi) is 7.60. The molecule has 3 aromatic carbocycles. The second-order valence-corrected chi connectivity index (χ2v) is 11.6. The monoisotopic (exact) mass is 558 g/mol. The summed E-state index contributed by atoms with van der Waals surface area (Å²) in [7, 11) is -4.05. The van der Waals surface area contributed by atoms with Crippen LogP contribution in [0.15, 0.2) is 87.0 Å². The molecule has 5 rings (SSSR count). The molecule has 0 unspecified atom stereocenters. The molecule has 8 nitrogen and oxygen atoms in total. The van der Waals surface area contributed by atoms with Gasteiger partial charge in [0.15, 0.2) is 0 Å². The molecule has 0 fully saturated rings. The van der Waals surface area contributed by atoms with Gasteiger partial charge in [0.2, 0.25) is 10.0 Å². The van der Waals surface area contributed by atoms with Crippen molar-refractivity contribution in [2.45, 2.75) is 51.0 Å². The van der Waals surface area contributed by atoms with Gasteiger partial charge in [-0.3, -0.25) is 0 Å². The van der Waals surface area contributed by atoms with Gasteiger partial charge in [-0.25, -0.2) is 18.0 Å². The summed E-state index contributed by atoms with van der Waals surface area (Å²) in [5, 5.41) is 1.65. The van der Waals surface area contributed by atoms with Crippen molar-refractivity contribution >= 4 is 37.9 Å². The SMILES string of the molecule is CCCc1cc(=O)oc2c(C)c(OC(=O)[C@@H](Cc3c[nH]c4ccccc34)NS(=O)(=O)c3ccc(C)cc3)ccc12. The van der Waals surface area contributed by atoms with Crippen molar-refractivity contribution in [3.63, 3.8) is 0 Å². The van der Waals surface area contributed by atoms with Crippen LogP contribution >= 0.6 is 0 Å². The lowest BCUT2D eigenvalue weighted by Gasteiger charge is -2.19. The maximum absolute atomic E-state index is 13.6. The summed E-state index contributed by atoms with van der Waals surface area (Å²) in [5.74, 6) is -0.594. The molecule has 5 aromatic rings. The van der Waals surface area contributed by atoms with Crippen molar-refractivity contribution in [3.8, 4) is 5.75 Å². The lowest BCUT2D eigenvalue weighted by molar-refractivity contribution is -0.136. The molecule has 2 aromatic heterocycles. The lowest BCUT2D eigenvalue weighted by atomic mass is 10.0. The normalized spacial score (nSPS) is 12.6. The van der Waals surface area contributed by atoms with Gasteiger partial charge in [0, 0.05) is 40.5 Å². The molecule has 0 spiro atoms. The van der Waals surface area contributed by atoms with E-state index in [2.05, 4.69) is 9.71 Å². The molecule has 206 valence electrons. The number of aromatic nitrogens is 1. The molecule has 0 radical (unpaired) electrons. The number of ether oxygens (including phenoxy) is 1. The van der Waals surface area contributed by atoms with Crippen LogP contribution in [0.4, 0.5) is 0 Å². The zero-order valence-electron chi connectivity index (χ0n) is 22.5. The first-order valence-electron chi connectivity index (χ1n) is 13.1. The van der Waals surface area contributed by atoms with Gasteiger partial charge in [-0.2, -0.15) is 4.72 Å². The van der Waals surface area contributed by atoms with E-state index >= 15 is 0 Å². The Bertz CT molecular complexity index is 1870. The predicted octanol–water partition coefficient (Wildman–Crippen LogP) is 5.34. The zero-order chi connectivity index (χ0) is 28.4. The number of nitrogens with one attached hydrogen (secondary N) is 2. The first-order valence-corrected chi connectivity index (χ1v) is 14.6. The van der Waals surface area contributed by atoms with Crippen molar-refractivity contribution < 1.29 is 22.4 Å². The second-order valence-electron chi connectivity index (χ2n) is 9.88.